The molecule has 4 atom stereocenters. The molecule has 1 aliphatic carbocycles. The Hall–Kier alpha value is -2.06. The van der Waals surface area contributed by atoms with Crippen molar-refractivity contribution in [3.63, 3.8) is 0 Å². The molecule has 3 fully saturated rings. The van der Waals surface area contributed by atoms with Crippen LogP contribution in [0.3, 0.4) is 0 Å². The van der Waals surface area contributed by atoms with E-state index >= 15 is 0 Å². The molecular formula is C29H43N5O2S. The standard InChI is InChI=1S/C29H43N5O2S/c1-18(2)28-32-31-20(4)34(28)24-16-22-10-11-23(17-24)33(22)15-14-25(27-13-12-26(37-27)19(3)35)30-29(36)21-8-6-5-7-9-21/h12-13,18,21-25H,5-11,14-17H2,1-4H3,(H,30,36)/t22-,23+,24?,25-/m0/s1. The number of ketones is 1. The van der Waals surface area contributed by atoms with E-state index in [0.717, 1.165) is 72.9 Å². The fraction of sp³-hybridized carbons (Fsp3) is 0.724. The summed E-state index contributed by atoms with van der Waals surface area (Å²) in [6, 6.07) is 5.55. The van der Waals surface area contributed by atoms with Gasteiger partial charge < -0.3 is 9.88 Å². The van der Waals surface area contributed by atoms with Crippen LogP contribution < -0.4 is 5.32 Å². The van der Waals surface area contributed by atoms with E-state index in [9.17, 15) is 9.59 Å². The zero-order valence-electron chi connectivity index (χ0n) is 22.9. The molecule has 7 nitrogen and oxygen atoms in total. The number of amides is 1. The Bertz CT molecular complexity index is 1090. The number of carbonyl (C=O) groups is 2. The number of carbonyl (C=O) groups excluding carboxylic acids is 2. The van der Waals surface area contributed by atoms with Gasteiger partial charge in [0.05, 0.1) is 10.9 Å². The Balaban J connectivity index is 1.27. The van der Waals surface area contributed by atoms with Gasteiger partial charge in [-0.2, -0.15) is 0 Å². The first-order chi connectivity index (χ1) is 17.8. The summed E-state index contributed by atoms with van der Waals surface area (Å²) in [6.45, 7) is 9.09. The van der Waals surface area contributed by atoms with E-state index in [2.05, 4.69) is 51.8 Å². The molecule has 2 aromatic rings. The number of thiophene rings is 1. The van der Waals surface area contributed by atoms with Gasteiger partial charge in [0.2, 0.25) is 5.91 Å². The minimum atomic E-state index is -0.0303. The summed E-state index contributed by atoms with van der Waals surface area (Å²) >= 11 is 1.55. The molecule has 0 spiro atoms. The molecule has 0 radical (unpaired) electrons. The van der Waals surface area contributed by atoms with Crippen LogP contribution in [0.5, 0.6) is 0 Å². The summed E-state index contributed by atoms with van der Waals surface area (Å²) in [6.07, 6.45) is 11.2. The van der Waals surface area contributed by atoms with Gasteiger partial charge in [0.1, 0.15) is 11.6 Å². The quantitative estimate of drug-likeness (QED) is 0.408. The molecular weight excluding hydrogens is 482 g/mol. The average Bonchev–Trinajstić information content (AvgIpc) is 3.58. The number of nitrogens with zero attached hydrogens (tertiary/aromatic N) is 4. The highest BCUT2D eigenvalue weighted by molar-refractivity contribution is 7.14. The Morgan fingerprint density at radius 2 is 1.73 bits per heavy atom. The highest BCUT2D eigenvalue weighted by atomic mass is 32.1. The van der Waals surface area contributed by atoms with Gasteiger partial charge in [-0.15, -0.1) is 21.5 Å². The molecule has 0 aromatic carbocycles. The Morgan fingerprint density at radius 3 is 2.35 bits per heavy atom. The number of aryl methyl sites for hydroxylation is 1. The van der Waals surface area contributed by atoms with Gasteiger partial charge in [0.15, 0.2) is 5.78 Å². The number of hydrogen-bond acceptors (Lipinski definition) is 6. The number of hydrogen-bond donors (Lipinski definition) is 1. The van der Waals surface area contributed by atoms with Gasteiger partial charge in [-0.25, -0.2) is 0 Å². The van der Waals surface area contributed by atoms with E-state index in [0.29, 0.717) is 24.0 Å². The van der Waals surface area contributed by atoms with Crippen LogP contribution in [-0.4, -0.2) is 50.0 Å². The van der Waals surface area contributed by atoms with E-state index in [1.807, 2.05) is 6.07 Å². The predicted molar refractivity (Wildman–Crippen MR) is 147 cm³/mol. The van der Waals surface area contributed by atoms with E-state index in [4.69, 9.17) is 0 Å². The van der Waals surface area contributed by atoms with Crippen LogP contribution in [-0.2, 0) is 4.79 Å². The number of rotatable bonds is 9. The third kappa shape index (κ3) is 5.70. The largest absolute Gasteiger partial charge is 0.348 e. The van der Waals surface area contributed by atoms with Crippen molar-refractivity contribution in [3.05, 3.63) is 33.5 Å². The Kier molecular flexibility index (Phi) is 8.15. The third-order valence-electron chi connectivity index (χ3n) is 8.92. The van der Waals surface area contributed by atoms with Crippen LogP contribution in [0, 0.1) is 12.8 Å². The summed E-state index contributed by atoms with van der Waals surface area (Å²) in [5.74, 6) is 2.95. The van der Waals surface area contributed by atoms with Gasteiger partial charge in [-0.1, -0.05) is 33.1 Å². The molecule has 1 saturated carbocycles. The summed E-state index contributed by atoms with van der Waals surface area (Å²) in [4.78, 5) is 29.8. The lowest BCUT2D eigenvalue weighted by molar-refractivity contribution is -0.126. The lowest BCUT2D eigenvalue weighted by atomic mass is 9.88. The van der Waals surface area contributed by atoms with Crippen molar-refractivity contribution in [2.24, 2.45) is 5.92 Å². The second-order valence-electron chi connectivity index (χ2n) is 11.8. The normalized spacial score (nSPS) is 25.5. The summed E-state index contributed by atoms with van der Waals surface area (Å²) in [5.41, 5.74) is 0. The van der Waals surface area contributed by atoms with Gasteiger partial charge in [-0.3, -0.25) is 14.5 Å². The second-order valence-corrected chi connectivity index (χ2v) is 12.9. The summed E-state index contributed by atoms with van der Waals surface area (Å²) < 4.78 is 2.41. The molecule has 3 aliphatic rings. The van der Waals surface area contributed by atoms with Gasteiger partial charge in [0, 0.05) is 41.4 Å². The van der Waals surface area contributed by atoms with E-state index in [-0.39, 0.29) is 23.7 Å². The number of fused-ring (bicyclic) bond motifs is 2. The van der Waals surface area contributed by atoms with Crippen LogP contribution in [0.4, 0.5) is 0 Å². The highest BCUT2D eigenvalue weighted by Gasteiger charge is 2.42. The molecule has 8 heteroatoms. The molecule has 1 amide bonds. The summed E-state index contributed by atoms with van der Waals surface area (Å²) in [7, 11) is 0. The molecule has 2 bridgehead atoms. The van der Waals surface area contributed by atoms with Crippen molar-refractivity contribution in [1.29, 1.82) is 0 Å². The molecule has 37 heavy (non-hydrogen) atoms. The van der Waals surface area contributed by atoms with Crippen LogP contribution >= 0.6 is 11.3 Å². The minimum absolute atomic E-state index is 0.0303. The van der Waals surface area contributed by atoms with Crippen molar-refractivity contribution in [2.75, 3.05) is 6.54 Å². The second kappa shape index (κ2) is 11.4. The first-order valence-corrected chi connectivity index (χ1v) is 15.2. The lowest BCUT2D eigenvalue weighted by Gasteiger charge is -2.40. The monoisotopic (exact) mass is 525 g/mol. The van der Waals surface area contributed by atoms with Crippen LogP contribution in [0.15, 0.2) is 12.1 Å². The topological polar surface area (TPSA) is 80.1 Å². The highest BCUT2D eigenvalue weighted by Crippen LogP contribution is 2.42. The number of piperidine rings is 1. The molecule has 4 heterocycles. The SMILES string of the molecule is CC(=O)c1ccc([C@H](CCN2[C@@H]3CC[C@H]2CC(n2c(C)nnc2C(C)C)C3)NC(=O)C2CCCCC2)s1. The van der Waals surface area contributed by atoms with Crippen LogP contribution in [0.1, 0.15) is 129 Å². The van der Waals surface area contributed by atoms with Gasteiger partial charge >= 0.3 is 0 Å². The number of aromatic nitrogens is 3. The maximum atomic E-state index is 13.2. The molecule has 5 rings (SSSR count). The third-order valence-corrected chi connectivity index (χ3v) is 10.2. The van der Waals surface area contributed by atoms with Gasteiger partial charge in [-0.05, 0) is 70.9 Å². The number of Topliss-reactive ketones (excluding diaryl/α,β-unsaturated/α-hetero) is 1. The average molecular weight is 526 g/mol. The maximum absolute atomic E-state index is 13.2. The fourth-order valence-electron chi connectivity index (χ4n) is 7.00. The summed E-state index contributed by atoms with van der Waals surface area (Å²) in [5, 5.41) is 12.3. The molecule has 1 N–H and O–H groups in total. The first kappa shape index (κ1) is 26.5. The van der Waals surface area contributed by atoms with E-state index < -0.39 is 0 Å². The van der Waals surface area contributed by atoms with Crippen molar-refractivity contribution in [1.82, 2.24) is 25.0 Å². The van der Waals surface area contributed by atoms with Crippen LogP contribution in [0.2, 0.25) is 0 Å². The van der Waals surface area contributed by atoms with Crippen molar-refractivity contribution < 1.29 is 9.59 Å². The molecule has 1 unspecified atom stereocenters. The number of nitrogens with one attached hydrogen (secondary N) is 1. The zero-order valence-corrected chi connectivity index (χ0v) is 23.7. The van der Waals surface area contributed by atoms with Crippen molar-refractivity contribution in [3.8, 4) is 0 Å². The molecule has 2 aromatic heterocycles. The van der Waals surface area contributed by atoms with Crippen molar-refractivity contribution in [2.45, 2.75) is 122 Å². The van der Waals surface area contributed by atoms with E-state index in [1.165, 1.54) is 19.3 Å². The van der Waals surface area contributed by atoms with Crippen molar-refractivity contribution >= 4 is 23.0 Å². The maximum Gasteiger partial charge on any atom is 0.223 e. The lowest BCUT2D eigenvalue weighted by Crippen LogP contribution is -2.45. The minimum Gasteiger partial charge on any atom is -0.348 e. The van der Waals surface area contributed by atoms with Gasteiger partial charge in [0.25, 0.3) is 0 Å². The Morgan fingerprint density at radius 1 is 1.03 bits per heavy atom. The molecule has 202 valence electrons. The predicted octanol–water partition coefficient (Wildman–Crippen LogP) is 5.97. The smallest absolute Gasteiger partial charge is 0.223 e. The van der Waals surface area contributed by atoms with E-state index in [1.54, 1.807) is 18.3 Å². The Labute approximate surface area is 225 Å². The van der Waals surface area contributed by atoms with Crippen LogP contribution in [0.25, 0.3) is 0 Å². The fourth-order valence-corrected chi connectivity index (χ4v) is 7.99. The molecule has 2 saturated heterocycles. The first-order valence-electron chi connectivity index (χ1n) is 14.4. The zero-order chi connectivity index (χ0) is 26.1. The molecule has 2 aliphatic heterocycles.